The highest BCUT2D eigenvalue weighted by atomic mass is 16.6. The fraction of sp³-hybridized carbons (Fsp3) is 0.764. The summed E-state index contributed by atoms with van der Waals surface area (Å²) in [5.41, 5.74) is 1.24. The van der Waals surface area contributed by atoms with Gasteiger partial charge in [0.05, 0.1) is 50.8 Å². The number of Topliss-reactive ketones (excluding diaryl/α,β-unsaturated/α-hetero) is 3. The molecule has 3 N–H and O–H groups in total. The minimum Gasteiger partial charge on any atom is -0.460 e. The van der Waals surface area contributed by atoms with E-state index >= 15 is 0 Å². The van der Waals surface area contributed by atoms with Crippen LogP contribution in [0.15, 0.2) is 47.6 Å². The Hall–Kier alpha value is -3.45. The number of piperidine rings is 1. The van der Waals surface area contributed by atoms with Crippen LogP contribution in [0, 0.1) is 35.5 Å². The summed E-state index contributed by atoms with van der Waals surface area (Å²) in [5, 5.41) is 33.0. The summed E-state index contributed by atoms with van der Waals surface area (Å²) in [6.07, 6.45) is 11.7. The molecule has 16 nitrogen and oxygen atoms in total. The summed E-state index contributed by atoms with van der Waals surface area (Å²) < 4.78 is 41.3. The van der Waals surface area contributed by atoms with Crippen LogP contribution in [0.25, 0.3) is 0 Å². The summed E-state index contributed by atoms with van der Waals surface area (Å²) in [7, 11) is 4.58. The molecule has 0 aromatic heterocycles. The van der Waals surface area contributed by atoms with Gasteiger partial charge in [0.2, 0.25) is 5.79 Å². The zero-order valence-corrected chi connectivity index (χ0v) is 44.3. The standard InChI is InChI=1S/C55H87NO15/c1-34-16-12-11-13-17-35(2)46(69-27-26-65-8)32-42-21-19-40(7)55(64,71-42)52(61)53(62)56-23-15-14-18-43(56)54(63)70-47(37(4)30-41-20-22-45(68-25-24-57)48(31-41)66-9)33-44(58)36(3)29-39(6)50(60)51(67-10)49(59)38(5)28-34/h11-13,16-17,29,34,36-38,40-43,45-48,50-51,57,60,64H,14-15,18-28,30-33H2,1-10H3/b13-11?,16-12+,35-17?,39-29+/t34-,36-,37-,38-,40-,41+,42+,43+,45-,46-,47+,48-,50-,51+,55-/m1/s1. The zero-order chi connectivity index (χ0) is 52.4. The van der Waals surface area contributed by atoms with Crippen molar-refractivity contribution in [1.82, 2.24) is 4.90 Å². The molecule has 0 spiro atoms. The second-order valence-electron chi connectivity index (χ2n) is 20.8. The maximum Gasteiger partial charge on any atom is 0.329 e. The van der Waals surface area contributed by atoms with Crippen LogP contribution in [0.3, 0.4) is 0 Å². The van der Waals surface area contributed by atoms with Crippen LogP contribution in [0.4, 0.5) is 0 Å². The predicted octanol–water partition coefficient (Wildman–Crippen LogP) is 6.21. The van der Waals surface area contributed by atoms with Crippen LogP contribution in [0.2, 0.25) is 0 Å². The quantitative estimate of drug-likeness (QED) is 0.0858. The van der Waals surface area contributed by atoms with Gasteiger partial charge < -0.3 is 53.4 Å². The number of carbonyl (C=O) groups is 5. The average Bonchev–Trinajstić information content (AvgIpc) is 3.35. The van der Waals surface area contributed by atoms with E-state index in [1.807, 2.05) is 58.1 Å². The fourth-order valence-electron chi connectivity index (χ4n) is 10.7. The number of hydrogen-bond donors (Lipinski definition) is 3. The summed E-state index contributed by atoms with van der Waals surface area (Å²) in [6, 6.07) is -1.16. The third-order valence-electron chi connectivity index (χ3n) is 15.2. The number of methoxy groups -OCH3 is 3. The Morgan fingerprint density at radius 3 is 2.27 bits per heavy atom. The van der Waals surface area contributed by atoms with E-state index < -0.39 is 77.8 Å². The molecule has 1 saturated carbocycles. The molecule has 0 aromatic rings. The van der Waals surface area contributed by atoms with E-state index in [1.54, 1.807) is 41.1 Å². The lowest BCUT2D eigenvalue weighted by atomic mass is 9.78. The SMILES string of the molecule is COCCO[C@@H]1C[C@@H]2CC[C@@H](C)[C@@](O)(O2)C(=O)C(=O)N2CCCC[C@H]2C(=O)O[C@H]([C@H](C)C[C@@H]2CC[C@@H](OCCO)[C@H](OC)C2)CC(=O)[C@H](C)/C=C(\C)[C@@H](O)[C@@H](OC)C(=O)[C@H](C)C[C@H](C)/C=C/C=CC=C1C. The van der Waals surface area contributed by atoms with Crippen molar-refractivity contribution >= 4 is 29.2 Å². The number of amides is 1. The molecule has 4 aliphatic rings. The molecule has 0 aromatic carbocycles. The molecule has 15 atom stereocenters. The predicted molar refractivity (Wildman–Crippen MR) is 267 cm³/mol. The number of fused-ring (bicyclic) bond motifs is 3. The Balaban J connectivity index is 1.71. The number of rotatable bonds is 12. The molecule has 16 heteroatoms. The smallest absolute Gasteiger partial charge is 0.329 e. The molecule has 71 heavy (non-hydrogen) atoms. The molecule has 3 heterocycles. The second kappa shape index (κ2) is 29.4. The number of aliphatic hydroxyl groups excluding tert-OH is 2. The lowest BCUT2D eigenvalue weighted by molar-refractivity contribution is -0.266. The first-order valence-corrected chi connectivity index (χ1v) is 26.1. The van der Waals surface area contributed by atoms with Crippen molar-refractivity contribution in [3.63, 3.8) is 0 Å². The van der Waals surface area contributed by atoms with Crippen LogP contribution in [0.1, 0.15) is 126 Å². The Morgan fingerprint density at radius 1 is 0.831 bits per heavy atom. The van der Waals surface area contributed by atoms with Crippen molar-refractivity contribution in [3.8, 4) is 0 Å². The zero-order valence-electron chi connectivity index (χ0n) is 44.3. The summed E-state index contributed by atoms with van der Waals surface area (Å²) >= 11 is 0. The van der Waals surface area contributed by atoms with Crippen molar-refractivity contribution in [2.24, 2.45) is 35.5 Å². The number of ether oxygens (including phenoxy) is 7. The van der Waals surface area contributed by atoms with Crippen LogP contribution in [0.5, 0.6) is 0 Å². The molecule has 402 valence electrons. The van der Waals surface area contributed by atoms with Crippen LogP contribution < -0.4 is 0 Å². The topological polar surface area (TPSA) is 214 Å². The monoisotopic (exact) mass is 1000 g/mol. The Bertz CT molecular complexity index is 1860. The summed E-state index contributed by atoms with van der Waals surface area (Å²) in [6.45, 7) is 13.5. The molecule has 4 rings (SSSR count). The molecule has 1 aliphatic carbocycles. The highest BCUT2D eigenvalue weighted by Crippen LogP contribution is 2.38. The van der Waals surface area contributed by atoms with Crippen LogP contribution >= 0.6 is 0 Å². The maximum atomic E-state index is 14.5. The largest absolute Gasteiger partial charge is 0.460 e. The van der Waals surface area contributed by atoms with E-state index in [1.165, 1.54) is 12.0 Å². The Kier molecular flexibility index (Phi) is 24.9. The van der Waals surface area contributed by atoms with Crippen molar-refractivity contribution in [2.45, 2.75) is 180 Å². The molecule has 1 amide bonds. The first-order chi connectivity index (χ1) is 33.8. The van der Waals surface area contributed by atoms with Gasteiger partial charge in [-0.2, -0.15) is 0 Å². The number of allylic oxidation sites excluding steroid dienone is 6. The Labute approximate surface area is 422 Å². The van der Waals surface area contributed by atoms with E-state index in [-0.39, 0.29) is 87.2 Å². The third kappa shape index (κ3) is 17.0. The molecule has 2 bridgehead atoms. The van der Waals surface area contributed by atoms with Gasteiger partial charge in [0, 0.05) is 58.5 Å². The minimum atomic E-state index is -2.46. The molecule has 0 unspecified atom stereocenters. The van der Waals surface area contributed by atoms with E-state index in [4.69, 9.17) is 33.2 Å². The number of ketones is 3. The van der Waals surface area contributed by atoms with Gasteiger partial charge in [0.25, 0.3) is 11.7 Å². The summed E-state index contributed by atoms with van der Waals surface area (Å²) in [4.78, 5) is 72.5. The van der Waals surface area contributed by atoms with Gasteiger partial charge in [-0.25, -0.2) is 4.79 Å². The molecule has 2 saturated heterocycles. The van der Waals surface area contributed by atoms with Gasteiger partial charge in [-0.1, -0.05) is 71.1 Å². The molecule has 3 fully saturated rings. The normalized spacial score (nSPS) is 36.8. The second-order valence-corrected chi connectivity index (χ2v) is 20.8. The summed E-state index contributed by atoms with van der Waals surface area (Å²) in [5.74, 6) is -8.10. The van der Waals surface area contributed by atoms with Crippen molar-refractivity contribution in [1.29, 1.82) is 0 Å². The molecule has 3 aliphatic heterocycles. The van der Waals surface area contributed by atoms with Gasteiger partial charge in [-0.3, -0.25) is 19.2 Å². The van der Waals surface area contributed by atoms with Gasteiger partial charge in [-0.05, 0) is 107 Å². The first kappa shape index (κ1) is 60.1. The van der Waals surface area contributed by atoms with Crippen LogP contribution in [-0.4, -0.2) is 158 Å². The molecule has 0 radical (unpaired) electrons. The lowest BCUT2D eigenvalue weighted by Crippen LogP contribution is -2.61. The average molecular weight is 1000 g/mol. The van der Waals surface area contributed by atoms with Crippen LogP contribution in [-0.2, 0) is 57.1 Å². The van der Waals surface area contributed by atoms with Gasteiger partial charge in [-0.15, -0.1) is 0 Å². The molecular weight excluding hydrogens is 915 g/mol. The number of esters is 1. The van der Waals surface area contributed by atoms with Crippen molar-refractivity contribution in [2.75, 3.05) is 54.3 Å². The van der Waals surface area contributed by atoms with E-state index in [2.05, 4.69) is 0 Å². The van der Waals surface area contributed by atoms with Crippen molar-refractivity contribution in [3.05, 3.63) is 47.6 Å². The van der Waals surface area contributed by atoms with Crippen molar-refractivity contribution < 1.29 is 72.5 Å². The lowest BCUT2D eigenvalue weighted by Gasteiger charge is -2.43. The highest BCUT2D eigenvalue weighted by Gasteiger charge is 2.53. The van der Waals surface area contributed by atoms with Gasteiger partial charge >= 0.3 is 5.97 Å². The fourth-order valence-corrected chi connectivity index (χ4v) is 10.7. The van der Waals surface area contributed by atoms with E-state index in [0.29, 0.717) is 63.5 Å². The van der Waals surface area contributed by atoms with E-state index in [0.717, 1.165) is 12.0 Å². The maximum absolute atomic E-state index is 14.5. The Morgan fingerprint density at radius 2 is 1.58 bits per heavy atom. The van der Waals surface area contributed by atoms with E-state index in [9.17, 15) is 39.3 Å². The van der Waals surface area contributed by atoms with Gasteiger partial charge in [0.15, 0.2) is 5.78 Å². The third-order valence-corrected chi connectivity index (χ3v) is 15.2. The number of cyclic esters (lactones) is 1. The number of nitrogens with zero attached hydrogens (tertiary/aromatic N) is 1. The molecular formula is C55H87NO15. The number of carbonyl (C=O) groups excluding carboxylic acids is 5. The highest BCUT2D eigenvalue weighted by molar-refractivity contribution is 6.39. The van der Waals surface area contributed by atoms with Gasteiger partial charge in [0.1, 0.15) is 30.1 Å². The first-order valence-electron chi connectivity index (χ1n) is 26.1. The minimum absolute atomic E-state index is 0.000431. The number of aliphatic hydroxyl groups is 3. The number of hydrogen-bond acceptors (Lipinski definition) is 15.